The Hall–Kier alpha value is -4.34. The lowest BCUT2D eigenvalue weighted by Gasteiger charge is -2.36. The monoisotopic (exact) mass is 562 g/mol. The van der Waals surface area contributed by atoms with E-state index in [0.717, 1.165) is 11.4 Å². The van der Waals surface area contributed by atoms with Crippen LogP contribution in [-0.2, 0) is 15.9 Å². The van der Waals surface area contributed by atoms with Gasteiger partial charge in [-0.3, -0.25) is 10.1 Å². The fourth-order valence-corrected chi connectivity index (χ4v) is 4.33. The quantitative estimate of drug-likeness (QED) is 0.355. The lowest BCUT2D eigenvalue weighted by molar-refractivity contribution is 0.0240. The number of hydrogen-bond acceptors (Lipinski definition) is 8. The number of amides is 2. The molecule has 0 radical (unpaired) electrons. The molecule has 10 heteroatoms. The number of nitrogens with zero attached hydrogens (tertiary/aromatic N) is 3. The lowest BCUT2D eigenvalue weighted by Crippen LogP contribution is -2.50. The molecule has 0 saturated carbocycles. The number of benzene rings is 1. The summed E-state index contributed by atoms with van der Waals surface area (Å²) in [4.78, 5) is 46.4. The van der Waals surface area contributed by atoms with Crippen LogP contribution in [0.15, 0.2) is 59.3 Å². The van der Waals surface area contributed by atoms with E-state index in [1.165, 1.54) is 0 Å². The Morgan fingerprint density at radius 2 is 1.63 bits per heavy atom. The molecule has 41 heavy (non-hydrogen) atoms. The highest BCUT2D eigenvalue weighted by Gasteiger charge is 2.26. The van der Waals surface area contributed by atoms with Crippen LogP contribution >= 0.6 is 0 Å². The summed E-state index contributed by atoms with van der Waals surface area (Å²) in [6.07, 6.45) is 2.26. The highest BCUT2D eigenvalue weighted by Crippen LogP contribution is 2.28. The average Bonchev–Trinajstić information content (AvgIpc) is 3.43. The van der Waals surface area contributed by atoms with Crippen molar-refractivity contribution >= 4 is 29.5 Å². The third-order valence-corrected chi connectivity index (χ3v) is 6.22. The molecule has 2 aromatic heterocycles. The number of furan rings is 1. The molecule has 3 aromatic rings. The molecule has 0 aliphatic carbocycles. The Balaban J connectivity index is 1.44. The standard InChI is InChI=1S/C31H38N4O6/c1-30(2,3)40-28(37)33-24-11-9-21(26-8-7-17-39-26)18-23(24)19-25(36)22-10-12-27(32-20-22)34-13-15-35(16-14-34)29(38)41-31(4,5)6/h7-12,17-18,20H,13-16,19H2,1-6H3,(H,33,37). The van der Waals surface area contributed by atoms with Crippen molar-refractivity contribution < 1.29 is 28.3 Å². The number of carbonyl (C=O) groups excluding carboxylic acids is 3. The van der Waals surface area contributed by atoms with E-state index in [2.05, 4.69) is 15.2 Å². The number of pyridine rings is 1. The summed E-state index contributed by atoms with van der Waals surface area (Å²) in [7, 11) is 0. The van der Waals surface area contributed by atoms with Gasteiger partial charge in [0.2, 0.25) is 0 Å². The maximum Gasteiger partial charge on any atom is 0.412 e. The molecular weight excluding hydrogens is 524 g/mol. The molecule has 0 bridgehead atoms. The number of rotatable bonds is 6. The second-order valence-electron chi connectivity index (χ2n) is 11.9. The summed E-state index contributed by atoms with van der Waals surface area (Å²) >= 11 is 0. The van der Waals surface area contributed by atoms with Gasteiger partial charge in [0.05, 0.1) is 6.26 Å². The molecule has 218 valence electrons. The van der Waals surface area contributed by atoms with Gasteiger partial charge in [-0.05, 0) is 89.6 Å². The minimum atomic E-state index is -0.663. The van der Waals surface area contributed by atoms with Gasteiger partial charge >= 0.3 is 12.2 Å². The van der Waals surface area contributed by atoms with Crippen molar-refractivity contribution in [2.24, 2.45) is 0 Å². The molecule has 3 heterocycles. The number of Topliss-reactive ketones (excluding diaryl/α,β-unsaturated/α-hetero) is 1. The van der Waals surface area contributed by atoms with Gasteiger partial charge in [0.1, 0.15) is 22.8 Å². The van der Waals surface area contributed by atoms with E-state index in [9.17, 15) is 14.4 Å². The minimum Gasteiger partial charge on any atom is -0.464 e. The Morgan fingerprint density at radius 1 is 0.927 bits per heavy atom. The van der Waals surface area contributed by atoms with Gasteiger partial charge in [0.25, 0.3) is 0 Å². The number of ether oxygens (including phenoxy) is 2. The van der Waals surface area contributed by atoms with Crippen molar-refractivity contribution in [1.29, 1.82) is 0 Å². The van der Waals surface area contributed by atoms with E-state index < -0.39 is 17.3 Å². The highest BCUT2D eigenvalue weighted by molar-refractivity contribution is 5.99. The SMILES string of the molecule is CC(C)(C)OC(=O)Nc1ccc(-c2ccco2)cc1CC(=O)c1ccc(N2CCN(C(=O)OC(C)(C)C)CC2)nc1. The third-order valence-electron chi connectivity index (χ3n) is 6.22. The summed E-state index contributed by atoms with van der Waals surface area (Å²) in [6.45, 7) is 13.2. The van der Waals surface area contributed by atoms with Gasteiger partial charge < -0.3 is 23.7 Å². The summed E-state index contributed by atoms with van der Waals surface area (Å²) in [5.41, 5.74) is 1.14. The van der Waals surface area contributed by atoms with Crippen molar-refractivity contribution in [3.63, 3.8) is 0 Å². The summed E-state index contributed by atoms with van der Waals surface area (Å²) in [5.74, 6) is 1.24. The van der Waals surface area contributed by atoms with Gasteiger partial charge in [-0.15, -0.1) is 0 Å². The van der Waals surface area contributed by atoms with Crippen LogP contribution in [0.4, 0.5) is 21.1 Å². The van der Waals surface area contributed by atoms with Gasteiger partial charge in [0, 0.05) is 55.6 Å². The first-order chi connectivity index (χ1) is 19.3. The Morgan fingerprint density at radius 3 is 2.22 bits per heavy atom. The van der Waals surface area contributed by atoms with Crippen LogP contribution in [0, 0.1) is 0 Å². The van der Waals surface area contributed by atoms with Crippen molar-refractivity contribution in [2.75, 3.05) is 36.4 Å². The van der Waals surface area contributed by atoms with Crippen LogP contribution in [-0.4, -0.2) is 65.2 Å². The predicted molar refractivity (Wildman–Crippen MR) is 156 cm³/mol. The maximum absolute atomic E-state index is 13.3. The van der Waals surface area contributed by atoms with Crippen LogP contribution in [0.5, 0.6) is 0 Å². The van der Waals surface area contributed by atoms with Crippen molar-refractivity contribution in [3.05, 3.63) is 66.1 Å². The number of hydrogen-bond donors (Lipinski definition) is 1. The number of nitrogens with one attached hydrogen (secondary N) is 1. The molecule has 4 rings (SSSR count). The fourth-order valence-electron chi connectivity index (χ4n) is 4.33. The Kier molecular flexibility index (Phi) is 8.70. The molecule has 0 atom stereocenters. The van der Waals surface area contributed by atoms with Crippen LogP contribution in [0.25, 0.3) is 11.3 Å². The van der Waals surface area contributed by atoms with Crippen LogP contribution in [0.2, 0.25) is 0 Å². The average molecular weight is 563 g/mol. The molecule has 0 spiro atoms. The number of anilines is 2. The Bertz CT molecular complexity index is 1360. The van der Waals surface area contributed by atoms with Gasteiger partial charge in [-0.1, -0.05) is 0 Å². The predicted octanol–water partition coefficient (Wildman–Crippen LogP) is 6.17. The first-order valence-corrected chi connectivity index (χ1v) is 13.7. The topological polar surface area (TPSA) is 114 Å². The summed E-state index contributed by atoms with van der Waals surface area (Å²) in [5, 5.41) is 2.77. The van der Waals surface area contributed by atoms with Gasteiger partial charge in [-0.2, -0.15) is 0 Å². The molecule has 10 nitrogen and oxygen atoms in total. The van der Waals surface area contributed by atoms with E-state index in [1.807, 2.05) is 45.0 Å². The van der Waals surface area contributed by atoms with Gasteiger partial charge in [-0.25, -0.2) is 14.6 Å². The van der Waals surface area contributed by atoms with E-state index in [4.69, 9.17) is 13.9 Å². The molecule has 2 amide bonds. The molecule has 1 aliphatic rings. The number of ketones is 1. The second-order valence-corrected chi connectivity index (χ2v) is 11.9. The van der Waals surface area contributed by atoms with Crippen LogP contribution in [0.3, 0.4) is 0 Å². The Labute approximate surface area is 240 Å². The summed E-state index contributed by atoms with van der Waals surface area (Å²) in [6, 6.07) is 12.6. The van der Waals surface area contributed by atoms with Gasteiger partial charge in [0.15, 0.2) is 5.78 Å². The van der Waals surface area contributed by atoms with E-state index >= 15 is 0 Å². The minimum absolute atomic E-state index is 0.0370. The second kappa shape index (κ2) is 12.0. The van der Waals surface area contributed by atoms with Crippen molar-refractivity contribution in [3.8, 4) is 11.3 Å². The molecule has 1 fully saturated rings. The van der Waals surface area contributed by atoms with E-state index in [1.54, 1.807) is 56.3 Å². The van der Waals surface area contributed by atoms with E-state index in [-0.39, 0.29) is 18.3 Å². The normalized spacial score (nSPS) is 14.0. The van der Waals surface area contributed by atoms with Crippen molar-refractivity contribution in [2.45, 2.75) is 59.2 Å². The third kappa shape index (κ3) is 8.33. The first-order valence-electron chi connectivity index (χ1n) is 13.7. The van der Waals surface area contributed by atoms with E-state index in [0.29, 0.717) is 48.8 Å². The largest absolute Gasteiger partial charge is 0.464 e. The maximum atomic E-state index is 13.3. The molecule has 0 unspecified atom stereocenters. The first kappa shape index (κ1) is 29.6. The number of carbonyl (C=O) groups is 3. The number of piperazine rings is 1. The fraction of sp³-hybridized carbons (Fsp3) is 0.419. The molecule has 1 saturated heterocycles. The molecular formula is C31H38N4O6. The zero-order valence-electron chi connectivity index (χ0n) is 24.5. The highest BCUT2D eigenvalue weighted by atomic mass is 16.6. The van der Waals surface area contributed by atoms with Crippen molar-refractivity contribution in [1.82, 2.24) is 9.88 Å². The van der Waals surface area contributed by atoms with Crippen LogP contribution < -0.4 is 10.2 Å². The molecule has 1 N–H and O–H groups in total. The lowest BCUT2D eigenvalue weighted by atomic mass is 9.99. The molecule has 1 aliphatic heterocycles. The smallest absolute Gasteiger partial charge is 0.412 e. The zero-order chi connectivity index (χ0) is 29.8. The number of aromatic nitrogens is 1. The summed E-state index contributed by atoms with van der Waals surface area (Å²) < 4.78 is 16.4. The molecule has 1 aromatic carbocycles. The van der Waals surface area contributed by atoms with Crippen LogP contribution in [0.1, 0.15) is 57.5 Å². The zero-order valence-corrected chi connectivity index (χ0v) is 24.5.